The molecule has 1 unspecified atom stereocenters. The first-order valence-electron chi connectivity index (χ1n) is 8.93. The van der Waals surface area contributed by atoms with Gasteiger partial charge in [-0.15, -0.1) is 0 Å². The summed E-state index contributed by atoms with van der Waals surface area (Å²) in [6, 6.07) is 8.83. The predicted octanol–water partition coefficient (Wildman–Crippen LogP) is 3.39. The second-order valence-corrected chi connectivity index (χ2v) is 6.95. The number of nitrogens with zero attached hydrogens (tertiary/aromatic N) is 1. The zero-order valence-corrected chi connectivity index (χ0v) is 15.6. The average molecular weight is 354 g/mol. The Labute approximate surface area is 154 Å². The van der Waals surface area contributed by atoms with Gasteiger partial charge in [0.1, 0.15) is 11.5 Å². The highest BCUT2D eigenvalue weighted by Crippen LogP contribution is 2.32. The van der Waals surface area contributed by atoms with E-state index in [9.17, 15) is 9.90 Å². The number of hydrogen-bond donors (Lipinski definition) is 2. The molecule has 0 fully saturated rings. The molecule has 2 aromatic rings. The third kappa shape index (κ3) is 3.53. The standard InChI is InChI=1S/C21H26N2O3/c1-13-9-16(24)10-14(2)21(13)18(22)12-20(25)23-8-4-5-15-11-17(26-3)6-7-19(15)23/h6-7,9-11,18,24H,4-5,8,12,22H2,1-3H3. The zero-order valence-electron chi connectivity index (χ0n) is 15.6. The number of benzene rings is 2. The number of hydrogen-bond acceptors (Lipinski definition) is 4. The summed E-state index contributed by atoms with van der Waals surface area (Å²) < 4.78 is 5.29. The fourth-order valence-corrected chi connectivity index (χ4v) is 3.90. The molecular weight excluding hydrogens is 328 g/mol. The summed E-state index contributed by atoms with van der Waals surface area (Å²) in [7, 11) is 1.65. The second kappa shape index (κ2) is 7.38. The molecule has 138 valence electrons. The van der Waals surface area contributed by atoms with Crippen LogP contribution in [0.5, 0.6) is 11.5 Å². The van der Waals surface area contributed by atoms with Gasteiger partial charge in [-0.25, -0.2) is 0 Å². The van der Waals surface area contributed by atoms with Gasteiger partial charge in [0.15, 0.2) is 0 Å². The molecule has 0 radical (unpaired) electrons. The van der Waals surface area contributed by atoms with Crippen LogP contribution in [0.3, 0.4) is 0 Å². The number of carbonyl (C=O) groups is 1. The molecule has 26 heavy (non-hydrogen) atoms. The molecule has 0 aliphatic carbocycles. The van der Waals surface area contributed by atoms with E-state index in [1.807, 2.05) is 36.9 Å². The number of phenolic OH excluding ortho intramolecular Hbond substituents is 1. The predicted molar refractivity (Wildman–Crippen MR) is 103 cm³/mol. The van der Waals surface area contributed by atoms with Crippen LogP contribution in [0.15, 0.2) is 30.3 Å². The van der Waals surface area contributed by atoms with Crippen molar-refractivity contribution >= 4 is 11.6 Å². The lowest BCUT2D eigenvalue weighted by molar-refractivity contribution is -0.119. The third-order valence-corrected chi connectivity index (χ3v) is 5.05. The van der Waals surface area contributed by atoms with E-state index < -0.39 is 6.04 Å². The van der Waals surface area contributed by atoms with Gasteiger partial charge in [-0.3, -0.25) is 4.79 Å². The third-order valence-electron chi connectivity index (χ3n) is 5.05. The molecule has 2 aromatic carbocycles. The number of methoxy groups -OCH3 is 1. The van der Waals surface area contributed by atoms with Crippen molar-refractivity contribution < 1.29 is 14.6 Å². The van der Waals surface area contributed by atoms with Gasteiger partial charge in [0.25, 0.3) is 0 Å². The van der Waals surface area contributed by atoms with Crippen LogP contribution in [0.2, 0.25) is 0 Å². The molecule has 3 rings (SSSR count). The van der Waals surface area contributed by atoms with E-state index in [4.69, 9.17) is 10.5 Å². The first-order valence-corrected chi connectivity index (χ1v) is 8.93. The van der Waals surface area contributed by atoms with Crippen molar-refractivity contribution in [3.63, 3.8) is 0 Å². The molecular formula is C21H26N2O3. The maximum atomic E-state index is 13.0. The first-order chi connectivity index (χ1) is 12.4. The number of aryl methyl sites for hydroxylation is 3. The van der Waals surface area contributed by atoms with Crippen molar-refractivity contribution in [3.05, 3.63) is 52.6 Å². The van der Waals surface area contributed by atoms with E-state index in [2.05, 4.69) is 0 Å². The minimum absolute atomic E-state index is 0.0236. The molecule has 0 saturated heterocycles. The molecule has 1 atom stereocenters. The minimum Gasteiger partial charge on any atom is -0.508 e. The largest absolute Gasteiger partial charge is 0.508 e. The van der Waals surface area contributed by atoms with Crippen LogP contribution in [-0.2, 0) is 11.2 Å². The van der Waals surface area contributed by atoms with Crippen LogP contribution >= 0.6 is 0 Å². The molecule has 5 nitrogen and oxygen atoms in total. The highest BCUT2D eigenvalue weighted by molar-refractivity contribution is 5.95. The molecule has 3 N–H and O–H groups in total. The zero-order chi connectivity index (χ0) is 18.8. The summed E-state index contributed by atoms with van der Waals surface area (Å²) >= 11 is 0. The Hall–Kier alpha value is -2.53. The van der Waals surface area contributed by atoms with E-state index in [0.717, 1.165) is 46.5 Å². The lowest BCUT2D eigenvalue weighted by Gasteiger charge is -2.31. The molecule has 0 bridgehead atoms. The van der Waals surface area contributed by atoms with E-state index >= 15 is 0 Å². The van der Waals surface area contributed by atoms with E-state index in [0.29, 0.717) is 6.54 Å². The normalized spacial score (nSPS) is 14.7. The van der Waals surface area contributed by atoms with E-state index in [1.54, 1.807) is 19.2 Å². The fraction of sp³-hybridized carbons (Fsp3) is 0.381. The van der Waals surface area contributed by atoms with Gasteiger partial charge >= 0.3 is 0 Å². The Morgan fingerprint density at radius 2 is 1.96 bits per heavy atom. The fourth-order valence-electron chi connectivity index (χ4n) is 3.90. The van der Waals surface area contributed by atoms with Gasteiger partial charge in [0, 0.05) is 24.7 Å². The number of anilines is 1. The monoisotopic (exact) mass is 354 g/mol. The summed E-state index contributed by atoms with van der Waals surface area (Å²) in [5, 5.41) is 9.71. The van der Waals surface area contributed by atoms with Crippen molar-refractivity contribution in [2.75, 3.05) is 18.6 Å². The lowest BCUT2D eigenvalue weighted by atomic mass is 9.93. The Balaban J connectivity index is 1.81. The molecule has 1 amide bonds. The number of amides is 1. The number of rotatable bonds is 4. The summed E-state index contributed by atoms with van der Waals surface area (Å²) in [6.07, 6.45) is 2.11. The molecule has 1 aliphatic rings. The quantitative estimate of drug-likeness (QED) is 0.882. The Bertz CT molecular complexity index is 809. The number of ether oxygens (including phenoxy) is 1. The van der Waals surface area contributed by atoms with Crippen molar-refractivity contribution in [2.24, 2.45) is 5.73 Å². The lowest BCUT2D eigenvalue weighted by Crippen LogP contribution is -2.37. The van der Waals surface area contributed by atoms with Crippen LogP contribution in [0.1, 0.15) is 41.1 Å². The number of nitrogens with two attached hydrogens (primary N) is 1. The molecule has 0 aromatic heterocycles. The highest BCUT2D eigenvalue weighted by atomic mass is 16.5. The molecule has 1 heterocycles. The maximum Gasteiger partial charge on any atom is 0.228 e. The summed E-state index contributed by atoms with van der Waals surface area (Å²) in [6.45, 7) is 4.53. The molecule has 1 aliphatic heterocycles. The Kier molecular flexibility index (Phi) is 5.18. The number of carbonyl (C=O) groups excluding carboxylic acids is 1. The van der Waals surface area contributed by atoms with Crippen LogP contribution in [0.4, 0.5) is 5.69 Å². The summed E-state index contributed by atoms with van der Waals surface area (Å²) in [5.74, 6) is 1.06. The average Bonchev–Trinajstić information content (AvgIpc) is 2.59. The van der Waals surface area contributed by atoms with Gasteiger partial charge in [-0.1, -0.05) is 0 Å². The minimum atomic E-state index is -0.397. The SMILES string of the molecule is COc1ccc2c(c1)CCCN2C(=O)CC(N)c1c(C)cc(O)cc1C. The molecule has 5 heteroatoms. The van der Waals surface area contributed by atoms with Crippen molar-refractivity contribution in [2.45, 2.75) is 39.2 Å². The molecule has 0 saturated carbocycles. The second-order valence-electron chi connectivity index (χ2n) is 6.95. The van der Waals surface area contributed by atoms with E-state index in [1.165, 1.54) is 0 Å². The van der Waals surface area contributed by atoms with Gasteiger partial charge < -0.3 is 20.5 Å². The highest BCUT2D eigenvalue weighted by Gasteiger charge is 2.25. The number of fused-ring (bicyclic) bond motifs is 1. The topological polar surface area (TPSA) is 75.8 Å². The van der Waals surface area contributed by atoms with Crippen molar-refractivity contribution in [1.82, 2.24) is 0 Å². The number of phenols is 1. The van der Waals surface area contributed by atoms with Crippen LogP contribution < -0.4 is 15.4 Å². The van der Waals surface area contributed by atoms with Crippen LogP contribution in [-0.4, -0.2) is 24.7 Å². The maximum absolute atomic E-state index is 13.0. The van der Waals surface area contributed by atoms with Crippen molar-refractivity contribution in [3.8, 4) is 11.5 Å². The summed E-state index contributed by atoms with van der Waals surface area (Å²) in [4.78, 5) is 14.8. The van der Waals surface area contributed by atoms with Gasteiger partial charge in [-0.2, -0.15) is 0 Å². The van der Waals surface area contributed by atoms with Gasteiger partial charge in [-0.05, 0) is 79.3 Å². The number of aromatic hydroxyl groups is 1. The molecule has 0 spiro atoms. The first kappa shape index (κ1) is 18.3. The van der Waals surface area contributed by atoms with Crippen LogP contribution in [0.25, 0.3) is 0 Å². The Morgan fingerprint density at radius 1 is 1.27 bits per heavy atom. The Morgan fingerprint density at radius 3 is 2.62 bits per heavy atom. The van der Waals surface area contributed by atoms with E-state index in [-0.39, 0.29) is 18.1 Å². The van der Waals surface area contributed by atoms with Crippen LogP contribution in [0, 0.1) is 13.8 Å². The van der Waals surface area contributed by atoms with Crippen molar-refractivity contribution in [1.29, 1.82) is 0 Å². The van der Waals surface area contributed by atoms with Gasteiger partial charge in [0.05, 0.1) is 7.11 Å². The van der Waals surface area contributed by atoms with Gasteiger partial charge in [0.2, 0.25) is 5.91 Å². The summed E-state index contributed by atoms with van der Waals surface area (Å²) in [5.41, 5.74) is 11.2. The smallest absolute Gasteiger partial charge is 0.228 e.